The largest absolute Gasteiger partial charge is 0.264 e. The predicted molar refractivity (Wildman–Crippen MR) is 117 cm³/mol. The molecule has 0 spiro atoms. The van der Waals surface area contributed by atoms with Crippen molar-refractivity contribution in [2.24, 2.45) is 0 Å². The number of hydrogen-bond acceptors (Lipinski definition) is 5. The Labute approximate surface area is 186 Å². The second-order valence-corrected chi connectivity index (χ2v) is 11.3. The molecule has 1 aromatic heterocycles. The Hall–Kier alpha value is -2.33. The zero-order chi connectivity index (χ0) is 22.6. The lowest BCUT2D eigenvalue weighted by atomic mass is 10.2. The van der Waals surface area contributed by atoms with Gasteiger partial charge in [0.05, 0.1) is 10.6 Å². The van der Waals surface area contributed by atoms with Gasteiger partial charge in [0.2, 0.25) is 10.0 Å². The molecule has 6 nitrogen and oxygen atoms in total. The van der Waals surface area contributed by atoms with Crippen molar-refractivity contribution in [3.63, 3.8) is 0 Å². The molecule has 164 valence electrons. The molecule has 0 aliphatic carbocycles. The lowest BCUT2D eigenvalue weighted by molar-refractivity contribution is 0.567. The van der Waals surface area contributed by atoms with Gasteiger partial charge in [-0.2, -0.15) is 0 Å². The summed E-state index contributed by atoms with van der Waals surface area (Å²) in [5, 5.41) is -0.766. The van der Waals surface area contributed by atoms with E-state index in [2.05, 4.69) is 9.71 Å². The van der Waals surface area contributed by atoms with Crippen LogP contribution in [0.15, 0.2) is 71.9 Å². The molecular formula is C21H20ClFN2O4S2. The number of pyridine rings is 1. The maximum atomic E-state index is 13.6. The first-order chi connectivity index (χ1) is 14.6. The minimum absolute atomic E-state index is 0.0999. The molecule has 0 radical (unpaired) electrons. The van der Waals surface area contributed by atoms with E-state index in [1.807, 2.05) is 0 Å². The number of aromatic nitrogens is 1. The minimum atomic E-state index is -4.05. The van der Waals surface area contributed by atoms with Crippen molar-refractivity contribution in [3.8, 4) is 0 Å². The summed E-state index contributed by atoms with van der Waals surface area (Å²) in [6.45, 7) is 1.06. The summed E-state index contributed by atoms with van der Waals surface area (Å²) >= 11 is 5.82. The van der Waals surface area contributed by atoms with Gasteiger partial charge in [0, 0.05) is 24.0 Å². The lowest BCUT2D eigenvalue weighted by Gasteiger charge is -2.19. The van der Waals surface area contributed by atoms with Crippen LogP contribution >= 0.6 is 11.6 Å². The van der Waals surface area contributed by atoms with Crippen molar-refractivity contribution in [1.29, 1.82) is 0 Å². The molecular weight excluding hydrogens is 463 g/mol. The molecule has 1 N–H and O–H groups in total. The van der Waals surface area contributed by atoms with Crippen LogP contribution in [0.2, 0.25) is 5.02 Å². The fraction of sp³-hybridized carbons (Fsp3) is 0.190. The van der Waals surface area contributed by atoms with Gasteiger partial charge in [0.15, 0.2) is 9.84 Å². The first kappa shape index (κ1) is 23.3. The van der Waals surface area contributed by atoms with Crippen LogP contribution in [0, 0.1) is 12.7 Å². The van der Waals surface area contributed by atoms with Crippen molar-refractivity contribution in [2.45, 2.75) is 22.8 Å². The van der Waals surface area contributed by atoms with Crippen molar-refractivity contribution < 1.29 is 21.2 Å². The molecule has 0 unspecified atom stereocenters. The molecule has 31 heavy (non-hydrogen) atoms. The van der Waals surface area contributed by atoms with Gasteiger partial charge in [-0.05, 0) is 60.0 Å². The van der Waals surface area contributed by atoms with Crippen LogP contribution in [-0.2, 0) is 25.6 Å². The van der Waals surface area contributed by atoms with Crippen molar-refractivity contribution in [3.05, 3.63) is 94.5 Å². The zero-order valence-electron chi connectivity index (χ0n) is 16.5. The molecule has 0 amide bonds. The van der Waals surface area contributed by atoms with E-state index < -0.39 is 37.5 Å². The van der Waals surface area contributed by atoms with Gasteiger partial charge in [0.1, 0.15) is 11.1 Å². The van der Waals surface area contributed by atoms with E-state index in [9.17, 15) is 21.2 Å². The van der Waals surface area contributed by atoms with Crippen LogP contribution in [0.5, 0.6) is 0 Å². The molecule has 3 rings (SSSR count). The monoisotopic (exact) mass is 482 g/mol. The first-order valence-electron chi connectivity index (χ1n) is 9.20. The van der Waals surface area contributed by atoms with E-state index in [-0.39, 0.29) is 16.2 Å². The highest BCUT2D eigenvalue weighted by Gasteiger charge is 2.31. The Morgan fingerprint density at radius 1 is 1.06 bits per heavy atom. The highest BCUT2D eigenvalue weighted by molar-refractivity contribution is 7.92. The fourth-order valence-corrected chi connectivity index (χ4v) is 6.10. The summed E-state index contributed by atoms with van der Waals surface area (Å²) in [5.74, 6) is -0.861. The average Bonchev–Trinajstić information content (AvgIpc) is 2.72. The maximum absolute atomic E-state index is 13.6. The van der Waals surface area contributed by atoms with E-state index in [1.54, 1.807) is 36.4 Å². The van der Waals surface area contributed by atoms with Crippen molar-refractivity contribution >= 4 is 31.5 Å². The Balaban J connectivity index is 1.89. The molecule has 2 aromatic carbocycles. The fourth-order valence-electron chi connectivity index (χ4n) is 2.99. The van der Waals surface area contributed by atoms with Crippen LogP contribution in [0.25, 0.3) is 0 Å². The Morgan fingerprint density at radius 2 is 1.77 bits per heavy atom. The van der Waals surface area contributed by atoms with E-state index in [4.69, 9.17) is 11.6 Å². The Morgan fingerprint density at radius 3 is 2.39 bits per heavy atom. The number of nitrogens with zero attached hydrogens (tertiary/aromatic N) is 1. The van der Waals surface area contributed by atoms with Gasteiger partial charge < -0.3 is 0 Å². The number of benzene rings is 2. The topological polar surface area (TPSA) is 93.2 Å². The van der Waals surface area contributed by atoms with Crippen LogP contribution in [0.4, 0.5) is 4.39 Å². The number of sulfone groups is 1. The first-order valence-corrected chi connectivity index (χ1v) is 12.8. The summed E-state index contributed by atoms with van der Waals surface area (Å²) < 4.78 is 67.8. The van der Waals surface area contributed by atoms with E-state index >= 15 is 0 Å². The zero-order valence-corrected chi connectivity index (χ0v) is 18.9. The van der Waals surface area contributed by atoms with Crippen molar-refractivity contribution in [1.82, 2.24) is 9.71 Å². The minimum Gasteiger partial charge on any atom is -0.264 e. The second kappa shape index (κ2) is 9.44. The second-order valence-electron chi connectivity index (χ2n) is 6.97. The normalized spacial score (nSPS) is 13.1. The Bertz CT molecular complexity index is 1270. The third kappa shape index (κ3) is 5.88. The van der Waals surface area contributed by atoms with Crippen LogP contribution < -0.4 is 4.72 Å². The third-order valence-electron chi connectivity index (χ3n) is 4.65. The lowest BCUT2D eigenvalue weighted by Crippen LogP contribution is -2.32. The van der Waals surface area contributed by atoms with Gasteiger partial charge in [-0.15, -0.1) is 0 Å². The third-order valence-corrected chi connectivity index (χ3v) is 8.32. The molecule has 10 heteroatoms. The molecule has 0 aliphatic rings. The van der Waals surface area contributed by atoms with Crippen LogP contribution in [-0.4, -0.2) is 28.4 Å². The number of halogens is 2. The number of sulfonamides is 1. The van der Waals surface area contributed by atoms with Gasteiger partial charge >= 0.3 is 0 Å². The van der Waals surface area contributed by atoms with Gasteiger partial charge in [-0.25, -0.2) is 25.9 Å². The van der Waals surface area contributed by atoms with E-state index in [0.717, 1.165) is 6.07 Å². The average molecular weight is 483 g/mol. The van der Waals surface area contributed by atoms with E-state index in [0.29, 0.717) is 16.1 Å². The molecule has 0 saturated heterocycles. The number of nitrogens with one attached hydrogen (secondary N) is 1. The number of hydrogen-bond donors (Lipinski definition) is 1. The summed E-state index contributed by atoms with van der Waals surface area (Å²) in [5.41, 5.74) is 1.000. The predicted octanol–water partition coefficient (Wildman–Crippen LogP) is 3.82. The summed E-state index contributed by atoms with van der Waals surface area (Å²) in [6.07, 6.45) is 2.85. The highest BCUT2D eigenvalue weighted by Crippen LogP contribution is 2.29. The molecule has 0 saturated carbocycles. The van der Waals surface area contributed by atoms with E-state index in [1.165, 1.54) is 31.5 Å². The molecule has 0 bridgehead atoms. The molecule has 1 atom stereocenters. The summed E-state index contributed by atoms with van der Waals surface area (Å²) in [4.78, 5) is 3.85. The highest BCUT2D eigenvalue weighted by atomic mass is 35.5. The van der Waals surface area contributed by atoms with Gasteiger partial charge in [-0.3, -0.25) is 4.98 Å². The van der Waals surface area contributed by atoms with Gasteiger partial charge in [0.25, 0.3) is 0 Å². The van der Waals surface area contributed by atoms with Crippen LogP contribution in [0.1, 0.15) is 21.9 Å². The molecule has 0 aliphatic heterocycles. The van der Waals surface area contributed by atoms with Gasteiger partial charge in [-0.1, -0.05) is 29.8 Å². The maximum Gasteiger partial charge on any atom is 0.215 e. The summed E-state index contributed by atoms with van der Waals surface area (Å²) in [6, 6.07) is 12.9. The number of aryl methyl sites for hydroxylation is 1. The summed E-state index contributed by atoms with van der Waals surface area (Å²) in [7, 11) is -7.89. The molecule has 3 aromatic rings. The Kier molecular flexibility index (Phi) is 7.10. The van der Waals surface area contributed by atoms with Crippen molar-refractivity contribution in [2.75, 3.05) is 6.54 Å². The molecule has 0 fully saturated rings. The molecule has 1 heterocycles. The van der Waals surface area contributed by atoms with Crippen LogP contribution in [0.3, 0.4) is 0 Å². The number of rotatable bonds is 8. The quantitative estimate of drug-likeness (QED) is 0.493. The SMILES string of the molecule is Cc1cc(S(=O)(=O)[C@H](CNS(=O)(=O)Cc2ccc(Cl)cc2)c2cccnc2)ccc1F. The standard InChI is InChI=1S/C21H20ClFN2O4S2/c1-15-11-19(8-9-20(15)23)31(28,29)21(17-3-2-10-24-12-17)13-25-30(26,27)14-16-4-6-18(22)7-5-16/h2-12,21,25H,13-14H2,1H3/t21-/m1/s1. The smallest absolute Gasteiger partial charge is 0.215 e.